The lowest BCUT2D eigenvalue weighted by Crippen LogP contribution is -2.20. The van der Waals surface area contributed by atoms with E-state index in [1.807, 2.05) is 26.0 Å². The highest BCUT2D eigenvalue weighted by Crippen LogP contribution is 2.42. The van der Waals surface area contributed by atoms with Gasteiger partial charge >= 0.3 is 5.97 Å². The number of benzene rings is 2. The van der Waals surface area contributed by atoms with Gasteiger partial charge in [-0.3, -0.25) is 0 Å². The van der Waals surface area contributed by atoms with Gasteiger partial charge in [0, 0.05) is 12.0 Å². The molecule has 8 nitrogen and oxygen atoms in total. The first kappa shape index (κ1) is 23.6. The number of ether oxygens (including phenoxy) is 3. The number of hydrogen-bond acceptors (Lipinski definition) is 8. The van der Waals surface area contributed by atoms with Crippen molar-refractivity contribution in [1.29, 1.82) is 0 Å². The minimum atomic E-state index is -0.734. The van der Waals surface area contributed by atoms with Gasteiger partial charge < -0.3 is 24.6 Å². The minimum Gasteiger partial charge on any atom is -0.496 e. The first-order valence-electron chi connectivity index (χ1n) is 10.3. The molecule has 0 heterocycles. The summed E-state index contributed by atoms with van der Waals surface area (Å²) in [5.41, 5.74) is 3.14. The van der Waals surface area contributed by atoms with Crippen molar-refractivity contribution in [3.8, 4) is 11.5 Å². The second kappa shape index (κ2) is 10.5. The standard InChI is InChI=1S/C25H26N2O6/c1-15(2)10-13-20(33-25(28)16-8-6-5-7-9-16)17-14-21(31-3)22-18(26-29)11-12-19(27-30)23(22)24(17)32-4/h5-12,14,20,29-30H,13H2,1-4H3. The highest BCUT2D eigenvalue weighted by molar-refractivity contribution is 6.27. The lowest BCUT2D eigenvalue weighted by atomic mass is 9.88. The molecule has 1 unspecified atom stereocenters. The molecule has 0 saturated carbocycles. The Morgan fingerprint density at radius 3 is 2.18 bits per heavy atom. The molecule has 0 amide bonds. The molecule has 0 radical (unpaired) electrons. The average molecular weight is 450 g/mol. The fourth-order valence-electron chi connectivity index (χ4n) is 3.62. The fraction of sp³-hybridized carbons (Fsp3) is 0.240. The molecule has 1 atom stereocenters. The first-order chi connectivity index (χ1) is 15.9. The summed E-state index contributed by atoms with van der Waals surface area (Å²) in [4.78, 5) is 12.9. The molecule has 2 aromatic rings. The van der Waals surface area contributed by atoms with Crippen LogP contribution >= 0.6 is 0 Å². The first-order valence-corrected chi connectivity index (χ1v) is 10.3. The third kappa shape index (κ3) is 4.90. The largest absolute Gasteiger partial charge is 0.496 e. The Labute approximate surface area is 192 Å². The Morgan fingerprint density at radius 2 is 1.64 bits per heavy atom. The molecule has 1 aliphatic rings. The van der Waals surface area contributed by atoms with Gasteiger partial charge in [0.2, 0.25) is 0 Å². The summed E-state index contributed by atoms with van der Waals surface area (Å²) >= 11 is 0. The number of allylic oxidation sites excluding steroid dienone is 3. The molecule has 3 rings (SSSR count). The quantitative estimate of drug-likeness (QED) is 0.269. The number of nitrogens with zero attached hydrogens (tertiary/aromatic N) is 2. The predicted molar refractivity (Wildman–Crippen MR) is 124 cm³/mol. The van der Waals surface area contributed by atoms with E-state index in [1.165, 1.54) is 26.4 Å². The lowest BCUT2D eigenvalue weighted by Gasteiger charge is -2.26. The molecular weight excluding hydrogens is 424 g/mol. The van der Waals surface area contributed by atoms with Crippen molar-refractivity contribution >= 4 is 17.4 Å². The van der Waals surface area contributed by atoms with Gasteiger partial charge in [0.25, 0.3) is 0 Å². The number of fused-ring (bicyclic) bond motifs is 1. The van der Waals surface area contributed by atoms with Crippen LogP contribution in [0.4, 0.5) is 0 Å². The number of carbonyl (C=O) groups excluding carboxylic acids is 1. The summed E-state index contributed by atoms with van der Waals surface area (Å²) < 4.78 is 17.2. The number of esters is 1. The minimum absolute atomic E-state index is 0.185. The van der Waals surface area contributed by atoms with E-state index in [9.17, 15) is 15.2 Å². The van der Waals surface area contributed by atoms with Gasteiger partial charge in [-0.05, 0) is 44.2 Å². The summed E-state index contributed by atoms with van der Waals surface area (Å²) in [6, 6.07) is 10.4. The maximum absolute atomic E-state index is 12.9. The maximum atomic E-state index is 12.9. The van der Waals surface area contributed by atoms with E-state index < -0.39 is 12.1 Å². The molecule has 0 spiro atoms. The normalized spacial score (nSPS) is 15.6. The number of oxime groups is 2. The summed E-state index contributed by atoms with van der Waals surface area (Å²) in [7, 11) is 2.93. The van der Waals surface area contributed by atoms with E-state index in [0.717, 1.165) is 5.57 Å². The van der Waals surface area contributed by atoms with Gasteiger partial charge in [0.1, 0.15) is 29.0 Å². The SMILES string of the molecule is COc1cc(C(CC=C(C)C)OC(=O)c2ccccc2)c(OC)c2c1C(=NO)C=CC2=NO. The molecule has 2 N–H and O–H groups in total. The van der Waals surface area contributed by atoms with Gasteiger partial charge in [0.15, 0.2) is 0 Å². The van der Waals surface area contributed by atoms with Gasteiger partial charge in [-0.15, -0.1) is 0 Å². The van der Waals surface area contributed by atoms with Crippen LogP contribution in [0, 0.1) is 0 Å². The van der Waals surface area contributed by atoms with Crippen molar-refractivity contribution in [2.24, 2.45) is 10.3 Å². The van der Waals surface area contributed by atoms with Gasteiger partial charge in [-0.1, -0.05) is 40.2 Å². The van der Waals surface area contributed by atoms with E-state index in [1.54, 1.807) is 30.3 Å². The summed E-state index contributed by atoms with van der Waals surface area (Å²) in [6.07, 6.45) is 4.58. The Bertz CT molecular complexity index is 1150. The topological polar surface area (TPSA) is 110 Å². The Balaban J connectivity index is 2.21. The van der Waals surface area contributed by atoms with Crippen LogP contribution in [0.15, 0.2) is 70.5 Å². The summed E-state index contributed by atoms with van der Waals surface area (Å²) in [5.74, 6) is 0.171. The van der Waals surface area contributed by atoms with Crippen molar-refractivity contribution in [3.05, 3.63) is 82.5 Å². The maximum Gasteiger partial charge on any atom is 0.338 e. The molecule has 0 fully saturated rings. The van der Waals surface area contributed by atoms with Crippen LogP contribution < -0.4 is 9.47 Å². The van der Waals surface area contributed by atoms with Crippen LogP contribution in [0.3, 0.4) is 0 Å². The zero-order chi connectivity index (χ0) is 24.0. The van der Waals surface area contributed by atoms with Crippen LogP contribution in [0.5, 0.6) is 11.5 Å². The molecular formula is C25H26N2O6. The zero-order valence-corrected chi connectivity index (χ0v) is 18.9. The molecule has 0 saturated heterocycles. The van der Waals surface area contributed by atoms with Crippen LogP contribution in [0.25, 0.3) is 0 Å². The molecule has 172 valence electrons. The number of carbonyl (C=O) groups is 1. The van der Waals surface area contributed by atoms with E-state index in [2.05, 4.69) is 10.3 Å². The fourth-order valence-corrected chi connectivity index (χ4v) is 3.62. The highest BCUT2D eigenvalue weighted by atomic mass is 16.5. The summed E-state index contributed by atoms with van der Waals surface area (Å²) in [5, 5.41) is 25.8. The molecule has 0 aromatic heterocycles. The van der Waals surface area contributed by atoms with E-state index in [0.29, 0.717) is 40.2 Å². The van der Waals surface area contributed by atoms with Crippen molar-refractivity contribution < 1.29 is 29.4 Å². The molecule has 8 heteroatoms. The van der Waals surface area contributed by atoms with Crippen LogP contribution in [0.2, 0.25) is 0 Å². The molecule has 2 aromatic carbocycles. The monoisotopic (exact) mass is 450 g/mol. The molecule has 33 heavy (non-hydrogen) atoms. The van der Waals surface area contributed by atoms with E-state index >= 15 is 0 Å². The number of rotatable bonds is 7. The highest BCUT2D eigenvalue weighted by Gasteiger charge is 2.32. The van der Waals surface area contributed by atoms with Gasteiger partial charge in [0.05, 0.1) is 30.9 Å². The number of hydrogen-bond donors (Lipinski definition) is 2. The van der Waals surface area contributed by atoms with Crippen molar-refractivity contribution in [3.63, 3.8) is 0 Å². The molecule has 0 aliphatic heterocycles. The average Bonchev–Trinajstić information content (AvgIpc) is 2.84. The van der Waals surface area contributed by atoms with E-state index in [4.69, 9.17) is 14.2 Å². The van der Waals surface area contributed by atoms with Crippen LogP contribution in [-0.2, 0) is 4.74 Å². The lowest BCUT2D eigenvalue weighted by molar-refractivity contribution is 0.0297. The van der Waals surface area contributed by atoms with Crippen molar-refractivity contribution in [1.82, 2.24) is 0 Å². The second-order valence-electron chi connectivity index (χ2n) is 7.53. The molecule has 0 bridgehead atoms. The Morgan fingerprint density at radius 1 is 1.00 bits per heavy atom. The van der Waals surface area contributed by atoms with E-state index in [-0.39, 0.29) is 11.4 Å². The second-order valence-corrected chi connectivity index (χ2v) is 7.53. The smallest absolute Gasteiger partial charge is 0.338 e. The Hall–Kier alpha value is -4.07. The van der Waals surface area contributed by atoms with Crippen molar-refractivity contribution in [2.45, 2.75) is 26.4 Å². The Kier molecular flexibility index (Phi) is 7.50. The third-order valence-corrected chi connectivity index (χ3v) is 5.17. The van der Waals surface area contributed by atoms with Gasteiger partial charge in [-0.25, -0.2) is 4.79 Å². The van der Waals surface area contributed by atoms with Crippen molar-refractivity contribution in [2.75, 3.05) is 14.2 Å². The van der Waals surface area contributed by atoms with Gasteiger partial charge in [-0.2, -0.15) is 0 Å². The number of methoxy groups -OCH3 is 2. The zero-order valence-electron chi connectivity index (χ0n) is 18.9. The summed E-state index contributed by atoms with van der Waals surface area (Å²) in [6.45, 7) is 3.90. The molecule has 1 aliphatic carbocycles. The predicted octanol–water partition coefficient (Wildman–Crippen LogP) is 4.88. The van der Waals surface area contributed by atoms with Crippen LogP contribution in [-0.4, -0.2) is 42.0 Å². The third-order valence-electron chi connectivity index (χ3n) is 5.17. The van der Waals surface area contributed by atoms with Crippen LogP contribution in [0.1, 0.15) is 53.4 Å².